The Morgan fingerprint density at radius 3 is 2.35 bits per heavy atom. The lowest BCUT2D eigenvalue weighted by molar-refractivity contribution is -0.929. The molecule has 0 aromatic heterocycles. The summed E-state index contributed by atoms with van der Waals surface area (Å²) in [6.07, 6.45) is 9.57. The first kappa shape index (κ1) is 21.4. The summed E-state index contributed by atoms with van der Waals surface area (Å²) in [5, 5.41) is 35.6. The Morgan fingerprint density at radius 1 is 0.774 bits per heavy atom. The summed E-state index contributed by atoms with van der Waals surface area (Å²) < 4.78 is 0.108. The molecule has 0 aromatic rings. The largest absolute Gasteiger partial charge is 0.633 e. The smallest absolute Gasteiger partial charge is 0.0916 e. The van der Waals surface area contributed by atoms with E-state index in [1.165, 1.54) is 25.7 Å². The minimum Gasteiger partial charge on any atom is -0.633 e. The number of hydroxylamine groups is 3. The van der Waals surface area contributed by atoms with Crippen LogP contribution in [0.3, 0.4) is 0 Å². The van der Waals surface area contributed by atoms with E-state index < -0.39 is 0 Å². The molecule has 2 heterocycles. The maximum Gasteiger partial charge on any atom is 0.0916 e. The highest BCUT2D eigenvalue weighted by Gasteiger charge is 2.63. The molecule has 2 saturated heterocycles. The van der Waals surface area contributed by atoms with Gasteiger partial charge in [-0.1, -0.05) is 20.8 Å². The Hall–Kier alpha value is -0.160. The van der Waals surface area contributed by atoms with E-state index >= 15 is 0 Å². The molecule has 4 aliphatic carbocycles. The maximum absolute atomic E-state index is 14.1. The zero-order valence-electron chi connectivity index (χ0n) is 20.0. The van der Waals surface area contributed by atoms with Crippen LogP contribution in [-0.2, 0) is 0 Å². The average molecular weight is 432 g/mol. The molecule has 2 N–H and O–H groups in total. The van der Waals surface area contributed by atoms with Crippen molar-refractivity contribution in [1.29, 1.82) is 0 Å². The number of rotatable bonds is 0. The number of hydrogen-bond donors (Lipinski definition) is 2. The molecule has 6 fully saturated rings. The van der Waals surface area contributed by atoms with Crippen LogP contribution in [0.2, 0.25) is 0 Å². The van der Waals surface area contributed by atoms with E-state index in [0.717, 1.165) is 57.0 Å². The van der Waals surface area contributed by atoms with E-state index in [9.17, 15) is 15.4 Å². The van der Waals surface area contributed by atoms with Gasteiger partial charge in [-0.25, -0.2) is 0 Å². The van der Waals surface area contributed by atoms with Crippen LogP contribution in [0.5, 0.6) is 0 Å². The fraction of sp³-hybridized carbons (Fsp3) is 1.00. The Labute approximate surface area is 188 Å². The molecule has 1 unspecified atom stereocenters. The summed E-state index contributed by atoms with van der Waals surface area (Å²) in [4.78, 5) is 0. The van der Waals surface area contributed by atoms with Crippen LogP contribution >= 0.6 is 0 Å². The topological polar surface area (TPSA) is 63.5 Å². The fourth-order valence-corrected chi connectivity index (χ4v) is 10.9. The fourth-order valence-electron chi connectivity index (χ4n) is 10.9. The molecular formula is C27H45NO3. The molecule has 14 atom stereocenters. The summed E-state index contributed by atoms with van der Waals surface area (Å²) in [6, 6.07) is 0.348. The minimum absolute atomic E-state index is 0.108. The zero-order valence-corrected chi connectivity index (χ0v) is 20.0. The SMILES string of the molecule is C[C@@H]1CC[C@H]2[C@H](C)[C@H]3CC[C@@H]4[C@@H](C[C@H]5[C@H]4C[C@H](O)[C@H]4C[C@@H](O)CC[C@@]45C)[C@@H]3C[N+]2([O-])C1. The standard InChI is InChI=1S/C27H45NO3/c1-15-4-7-25-16(2)18-5-6-19-20(22(18)14-28(25,31)13-15)11-23-21(19)12-26(30)24-10-17(29)8-9-27(23,24)3/h15-26,29-30H,4-14H2,1-3H3/t15-,16-,17+,18-,19-,20-,21+,22-,23+,24-,25+,26+,27-,28?/m1/s1. The first-order valence-corrected chi connectivity index (χ1v) is 13.6. The van der Waals surface area contributed by atoms with Crippen molar-refractivity contribution < 1.29 is 14.9 Å². The van der Waals surface area contributed by atoms with Gasteiger partial charge in [-0.2, -0.15) is 0 Å². The molecule has 0 aromatic carbocycles. The minimum atomic E-state index is -0.242. The third kappa shape index (κ3) is 3.00. The number of nitrogens with zero attached hydrogens (tertiary/aromatic N) is 1. The molecule has 31 heavy (non-hydrogen) atoms. The van der Waals surface area contributed by atoms with E-state index in [4.69, 9.17) is 0 Å². The van der Waals surface area contributed by atoms with Gasteiger partial charge in [-0.3, -0.25) is 0 Å². The van der Waals surface area contributed by atoms with Crippen molar-refractivity contribution in [2.75, 3.05) is 13.1 Å². The van der Waals surface area contributed by atoms with E-state index in [2.05, 4.69) is 20.8 Å². The van der Waals surface area contributed by atoms with E-state index in [1.807, 2.05) is 0 Å². The second-order valence-corrected chi connectivity index (χ2v) is 13.5. The van der Waals surface area contributed by atoms with Crippen LogP contribution in [0.4, 0.5) is 0 Å². The van der Waals surface area contributed by atoms with E-state index in [1.54, 1.807) is 0 Å². The van der Waals surface area contributed by atoms with Gasteiger partial charge >= 0.3 is 0 Å². The molecule has 2 aliphatic heterocycles. The van der Waals surface area contributed by atoms with Crippen LogP contribution < -0.4 is 0 Å². The molecule has 6 aliphatic rings. The summed E-state index contributed by atoms with van der Waals surface area (Å²) in [6.45, 7) is 8.89. The summed E-state index contributed by atoms with van der Waals surface area (Å²) in [5.74, 6) is 5.53. The molecular weight excluding hydrogens is 386 g/mol. The second kappa shape index (κ2) is 7.17. The van der Waals surface area contributed by atoms with Crippen LogP contribution in [0.25, 0.3) is 0 Å². The lowest BCUT2D eigenvalue weighted by Crippen LogP contribution is -2.67. The van der Waals surface area contributed by atoms with Crippen molar-refractivity contribution in [2.45, 2.75) is 96.8 Å². The van der Waals surface area contributed by atoms with Crippen LogP contribution in [0.15, 0.2) is 0 Å². The maximum atomic E-state index is 14.1. The predicted octanol–water partition coefficient (Wildman–Crippen LogP) is 4.58. The lowest BCUT2D eigenvalue weighted by atomic mass is 9.51. The Balaban J connectivity index is 1.30. The summed E-state index contributed by atoms with van der Waals surface area (Å²) >= 11 is 0. The van der Waals surface area contributed by atoms with Gasteiger partial charge in [0.1, 0.15) is 0 Å². The predicted molar refractivity (Wildman–Crippen MR) is 122 cm³/mol. The molecule has 0 amide bonds. The number of aliphatic hydroxyl groups excluding tert-OH is 2. The van der Waals surface area contributed by atoms with Crippen molar-refractivity contribution in [1.82, 2.24) is 0 Å². The van der Waals surface area contributed by atoms with Crippen LogP contribution in [-0.4, -0.2) is 46.2 Å². The normalized spacial score (nSPS) is 63.3. The average Bonchev–Trinajstić information content (AvgIpc) is 3.09. The van der Waals surface area contributed by atoms with E-state index in [-0.39, 0.29) is 28.2 Å². The summed E-state index contributed by atoms with van der Waals surface area (Å²) in [5.41, 5.74) is 0.181. The molecule has 0 bridgehead atoms. The van der Waals surface area contributed by atoms with Gasteiger partial charge < -0.3 is 20.1 Å². The number of fused-ring (bicyclic) bond motifs is 8. The highest BCUT2D eigenvalue weighted by Crippen LogP contribution is 2.67. The van der Waals surface area contributed by atoms with Gasteiger partial charge in [0, 0.05) is 24.2 Å². The van der Waals surface area contributed by atoms with E-state index in [0.29, 0.717) is 41.5 Å². The third-order valence-corrected chi connectivity index (χ3v) is 12.3. The first-order valence-electron chi connectivity index (χ1n) is 13.6. The highest BCUT2D eigenvalue weighted by atomic mass is 16.5. The Morgan fingerprint density at radius 2 is 1.55 bits per heavy atom. The molecule has 0 radical (unpaired) electrons. The van der Waals surface area contributed by atoms with Crippen molar-refractivity contribution >= 4 is 0 Å². The van der Waals surface area contributed by atoms with Crippen LogP contribution in [0.1, 0.15) is 78.6 Å². The number of quaternary nitrogens is 1. The van der Waals surface area contributed by atoms with Gasteiger partial charge in [0.05, 0.1) is 31.3 Å². The molecule has 0 spiro atoms. The number of hydrogen-bond acceptors (Lipinski definition) is 3. The van der Waals surface area contributed by atoms with Gasteiger partial charge in [0.25, 0.3) is 0 Å². The Bertz CT molecular complexity index is 715. The van der Waals surface area contributed by atoms with Gasteiger partial charge in [-0.05, 0) is 92.3 Å². The first-order chi connectivity index (χ1) is 14.7. The molecule has 176 valence electrons. The van der Waals surface area contributed by atoms with Crippen molar-refractivity contribution in [3.05, 3.63) is 5.21 Å². The van der Waals surface area contributed by atoms with Crippen molar-refractivity contribution in [3.8, 4) is 0 Å². The summed E-state index contributed by atoms with van der Waals surface area (Å²) in [7, 11) is 0. The lowest BCUT2D eigenvalue weighted by Gasteiger charge is -2.63. The molecule has 4 saturated carbocycles. The Kier molecular flexibility index (Phi) is 4.94. The number of aliphatic hydroxyl groups is 2. The zero-order chi connectivity index (χ0) is 21.7. The van der Waals surface area contributed by atoms with Crippen molar-refractivity contribution in [3.63, 3.8) is 0 Å². The molecule has 4 nitrogen and oxygen atoms in total. The van der Waals surface area contributed by atoms with Gasteiger partial charge in [0.2, 0.25) is 0 Å². The number of piperidine rings is 2. The third-order valence-electron chi connectivity index (χ3n) is 12.3. The van der Waals surface area contributed by atoms with Gasteiger partial charge in [-0.15, -0.1) is 0 Å². The van der Waals surface area contributed by atoms with Crippen LogP contribution in [0, 0.1) is 63.9 Å². The monoisotopic (exact) mass is 431 g/mol. The highest BCUT2D eigenvalue weighted by molar-refractivity contribution is 5.11. The quantitative estimate of drug-likeness (QED) is 0.436. The van der Waals surface area contributed by atoms with Crippen molar-refractivity contribution in [2.24, 2.45) is 58.7 Å². The second-order valence-electron chi connectivity index (χ2n) is 13.5. The molecule has 4 heteroatoms. The molecule has 6 rings (SSSR count). The van der Waals surface area contributed by atoms with Gasteiger partial charge in [0.15, 0.2) is 0 Å².